The minimum absolute atomic E-state index is 0.378. The summed E-state index contributed by atoms with van der Waals surface area (Å²) in [6, 6.07) is 0.520. The second-order valence-electron chi connectivity index (χ2n) is 4.90. The van der Waals surface area contributed by atoms with Gasteiger partial charge in [0.2, 0.25) is 0 Å². The Morgan fingerprint density at radius 1 is 1.33 bits per heavy atom. The summed E-state index contributed by atoms with van der Waals surface area (Å²) in [5, 5.41) is 3.43. The molecule has 1 aliphatic heterocycles. The normalized spacial score (nSPS) is 34.6. The van der Waals surface area contributed by atoms with Crippen molar-refractivity contribution in [3.05, 3.63) is 35.5 Å². The molecule has 0 radical (unpaired) electrons. The van der Waals surface area contributed by atoms with Crippen molar-refractivity contribution >= 4 is 0 Å². The number of hydrogen-bond donors (Lipinski definition) is 1. The van der Waals surface area contributed by atoms with Crippen molar-refractivity contribution in [1.29, 1.82) is 0 Å². The van der Waals surface area contributed by atoms with Gasteiger partial charge < -0.3 is 5.32 Å². The Balaban J connectivity index is 0.000000771. The lowest BCUT2D eigenvalue weighted by atomic mass is 10.0. The van der Waals surface area contributed by atoms with Crippen LogP contribution >= 0.6 is 0 Å². The van der Waals surface area contributed by atoms with E-state index in [9.17, 15) is 0 Å². The summed E-state index contributed by atoms with van der Waals surface area (Å²) in [5.41, 5.74) is 3.41. The third-order valence-electron chi connectivity index (χ3n) is 4.10. The highest BCUT2D eigenvalue weighted by Gasteiger charge is 2.56. The van der Waals surface area contributed by atoms with Gasteiger partial charge in [-0.05, 0) is 45.5 Å². The summed E-state index contributed by atoms with van der Waals surface area (Å²) in [7, 11) is 4.28. The standard InChI is InChI=1S/C14H22N2.C2H6/c1-5-6-7-8-12-11(2)14(10-16(14)4)9-13(12)15-3;1-2/h5-8,13,15H,9-10H2,1-4H3;1-2H3/b6-5-,8-7-;. The lowest BCUT2D eigenvalue weighted by molar-refractivity contribution is 0.475. The summed E-state index contributed by atoms with van der Waals surface area (Å²) < 4.78 is 0. The first kappa shape index (κ1) is 15.2. The zero-order chi connectivity index (χ0) is 13.8. The zero-order valence-corrected chi connectivity index (χ0v) is 12.7. The van der Waals surface area contributed by atoms with E-state index in [1.807, 2.05) is 20.8 Å². The van der Waals surface area contributed by atoms with Crippen LogP contribution in [-0.2, 0) is 0 Å². The van der Waals surface area contributed by atoms with Crippen molar-refractivity contribution in [2.24, 2.45) is 0 Å². The first-order valence-electron chi connectivity index (χ1n) is 7.05. The second kappa shape index (κ2) is 6.35. The van der Waals surface area contributed by atoms with E-state index in [4.69, 9.17) is 0 Å². The average Bonchev–Trinajstić information content (AvgIpc) is 2.97. The molecule has 1 spiro atoms. The van der Waals surface area contributed by atoms with Gasteiger partial charge in [0.1, 0.15) is 0 Å². The third kappa shape index (κ3) is 2.60. The van der Waals surface area contributed by atoms with Crippen molar-refractivity contribution < 1.29 is 0 Å². The number of allylic oxidation sites excluding steroid dienone is 3. The smallest absolute Gasteiger partial charge is 0.0568 e. The Hall–Kier alpha value is -0.860. The molecule has 1 N–H and O–H groups in total. The van der Waals surface area contributed by atoms with Gasteiger partial charge in [0.25, 0.3) is 0 Å². The van der Waals surface area contributed by atoms with E-state index in [-0.39, 0.29) is 0 Å². The molecule has 3 unspecified atom stereocenters. The van der Waals surface area contributed by atoms with Gasteiger partial charge in [-0.3, -0.25) is 4.90 Å². The monoisotopic (exact) mass is 248 g/mol. The molecule has 1 fully saturated rings. The molecule has 2 rings (SSSR count). The predicted molar refractivity (Wildman–Crippen MR) is 80.8 cm³/mol. The SMILES string of the molecule is C/C=C\C=C/C1=C(C)C2(CC1NC)CN2C.CC. The Morgan fingerprint density at radius 2 is 1.94 bits per heavy atom. The lowest BCUT2D eigenvalue weighted by Gasteiger charge is -2.12. The summed E-state index contributed by atoms with van der Waals surface area (Å²) in [6.07, 6.45) is 9.78. The maximum absolute atomic E-state index is 3.43. The van der Waals surface area contributed by atoms with E-state index in [1.54, 1.807) is 5.57 Å². The van der Waals surface area contributed by atoms with E-state index in [1.165, 1.54) is 18.5 Å². The summed E-state index contributed by atoms with van der Waals surface area (Å²) >= 11 is 0. The van der Waals surface area contributed by atoms with Crippen molar-refractivity contribution in [3.63, 3.8) is 0 Å². The maximum atomic E-state index is 3.43. The molecule has 0 bridgehead atoms. The molecule has 2 heteroatoms. The molecule has 0 aromatic carbocycles. The number of likely N-dealkylation sites (N-methyl/N-ethyl adjacent to an activating group) is 2. The van der Waals surface area contributed by atoms with Crippen molar-refractivity contribution in [2.45, 2.75) is 45.7 Å². The molecular formula is C16H28N2. The molecule has 0 amide bonds. The van der Waals surface area contributed by atoms with Crippen LogP contribution in [0.15, 0.2) is 35.5 Å². The highest BCUT2D eigenvalue weighted by molar-refractivity contribution is 5.47. The Bertz CT molecular complexity index is 365. The van der Waals surface area contributed by atoms with Crippen LogP contribution in [0.1, 0.15) is 34.1 Å². The van der Waals surface area contributed by atoms with Crippen molar-refractivity contribution in [2.75, 3.05) is 20.6 Å². The summed E-state index contributed by atoms with van der Waals surface area (Å²) in [4.78, 5) is 2.45. The highest BCUT2D eigenvalue weighted by Crippen LogP contribution is 2.49. The van der Waals surface area contributed by atoms with Crippen molar-refractivity contribution in [3.8, 4) is 0 Å². The van der Waals surface area contributed by atoms with Gasteiger partial charge in [-0.1, -0.05) is 38.2 Å². The average molecular weight is 248 g/mol. The molecule has 0 aromatic heterocycles. The van der Waals surface area contributed by atoms with E-state index in [0.717, 1.165) is 0 Å². The quantitative estimate of drug-likeness (QED) is 0.609. The molecule has 3 atom stereocenters. The fourth-order valence-corrected chi connectivity index (χ4v) is 2.88. The van der Waals surface area contributed by atoms with Gasteiger partial charge in [0.15, 0.2) is 0 Å². The van der Waals surface area contributed by atoms with Gasteiger partial charge in [0, 0.05) is 12.6 Å². The topological polar surface area (TPSA) is 15.0 Å². The molecule has 1 aliphatic carbocycles. The number of rotatable bonds is 3. The summed E-state index contributed by atoms with van der Waals surface area (Å²) in [5.74, 6) is 0. The molecular weight excluding hydrogens is 220 g/mol. The van der Waals surface area contributed by atoms with Crippen LogP contribution in [0.2, 0.25) is 0 Å². The van der Waals surface area contributed by atoms with Gasteiger partial charge in [0.05, 0.1) is 5.54 Å². The van der Waals surface area contributed by atoms with Crippen LogP contribution in [0, 0.1) is 0 Å². The third-order valence-corrected chi connectivity index (χ3v) is 4.10. The molecule has 102 valence electrons. The minimum atomic E-state index is 0.378. The van der Waals surface area contributed by atoms with Gasteiger partial charge >= 0.3 is 0 Å². The number of nitrogens with one attached hydrogen (secondary N) is 1. The molecule has 0 saturated carbocycles. The first-order chi connectivity index (χ1) is 8.65. The van der Waals surface area contributed by atoms with Crippen molar-refractivity contribution in [1.82, 2.24) is 10.2 Å². The minimum Gasteiger partial charge on any atom is -0.313 e. The van der Waals surface area contributed by atoms with Crippen LogP contribution in [0.25, 0.3) is 0 Å². The fourth-order valence-electron chi connectivity index (χ4n) is 2.88. The Morgan fingerprint density at radius 3 is 2.39 bits per heavy atom. The second-order valence-corrected chi connectivity index (χ2v) is 4.90. The van der Waals surface area contributed by atoms with E-state index in [0.29, 0.717) is 11.6 Å². The number of hydrogen-bond acceptors (Lipinski definition) is 2. The van der Waals surface area contributed by atoms with Gasteiger partial charge in [-0.2, -0.15) is 0 Å². The van der Waals surface area contributed by atoms with E-state index in [2.05, 4.69) is 55.5 Å². The van der Waals surface area contributed by atoms with Crippen LogP contribution in [0.3, 0.4) is 0 Å². The molecule has 1 heterocycles. The summed E-state index contributed by atoms with van der Waals surface area (Å²) in [6.45, 7) is 9.56. The Kier molecular flexibility index (Phi) is 5.36. The Labute approximate surface area is 112 Å². The lowest BCUT2D eigenvalue weighted by Crippen LogP contribution is -2.27. The van der Waals surface area contributed by atoms with Crippen LogP contribution < -0.4 is 5.32 Å². The van der Waals surface area contributed by atoms with E-state index < -0.39 is 0 Å². The number of nitrogens with zero attached hydrogens (tertiary/aromatic N) is 1. The molecule has 2 nitrogen and oxygen atoms in total. The van der Waals surface area contributed by atoms with Crippen LogP contribution in [0.4, 0.5) is 0 Å². The molecule has 1 saturated heterocycles. The van der Waals surface area contributed by atoms with Crippen LogP contribution in [0.5, 0.6) is 0 Å². The maximum Gasteiger partial charge on any atom is 0.0568 e. The highest BCUT2D eigenvalue weighted by atomic mass is 15.3. The van der Waals surface area contributed by atoms with E-state index >= 15 is 0 Å². The zero-order valence-electron chi connectivity index (χ0n) is 12.7. The largest absolute Gasteiger partial charge is 0.313 e. The van der Waals surface area contributed by atoms with Crippen LogP contribution in [-0.4, -0.2) is 37.1 Å². The first-order valence-corrected chi connectivity index (χ1v) is 7.05. The molecule has 2 aliphatic rings. The van der Waals surface area contributed by atoms with Gasteiger partial charge in [-0.15, -0.1) is 0 Å². The fraction of sp³-hybridized carbons (Fsp3) is 0.625. The molecule has 18 heavy (non-hydrogen) atoms. The predicted octanol–water partition coefficient (Wildman–Crippen LogP) is 3.14. The molecule has 0 aromatic rings. The van der Waals surface area contributed by atoms with Gasteiger partial charge in [-0.25, -0.2) is 0 Å².